The molecule has 7 rings (SSSR count). The maximum atomic E-state index is 11.8. The van der Waals surface area contributed by atoms with E-state index in [4.69, 9.17) is 10.7 Å². The fourth-order valence-electron chi connectivity index (χ4n) is 5.60. The van der Waals surface area contributed by atoms with Gasteiger partial charge in [-0.25, -0.2) is 9.97 Å². The van der Waals surface area contributed by atoms with Crippen molar-refractivity contribution in [1.82, 2.24) is 9.97 Å². The quantitative estimate of drug-likeness (QED) is 0.852. The highest BCUT2D eigenvalue weighted by atomic mass is 16.1. The summed E-state index contributed by atoms with van der Waals surface area (Å²) in [5.41, 5.74) is 6.56. The monoisotopic (exact) mass is 344 g/mol. The minimum atomic E-state index is -0.438. The molecule has 1 heterocycles. The summed E-state index contributed by atoms with van der Waals surface area (Å²) in [5.74, 6) is 2.96. The van der Waals surface area contributed by atoms with Crippen molar-refractivity contribution in [1.29, 1.82) is 0 Å². The van der Waals surface area contributed by atoms with E-state index in [0.717, 1.165) is 24.1 Å². The molecule has 0 saturated heterocycles. The van der Waals surface area contributed by atoms with Crippen molar-refractivity contribution in [2.24, 2.45) is 23.0 Å². The predicted molar refractivity (Wildman–Crippen MR) is 95.2 cm³/mol. The van der Waals surface area contributed by atoms with Gasteiger partial charge < -0.3 is 16.5 Å². The van der Waals surface area contributed by atoms with Crippen LogP contribution >= 0.6 is 0 Å². The number of carbonyl (C=O) groups is 1. The van der Waals surface area contributed by atoms with Gasteiger partial charge >= 0.3 is 0 Å². The number of carbonyl (C=O) groups excluding carboxylic acids is 1. The third-order valence-corrected chi connectivity index (χ3v) is 7.31. The standard InChI is InChI=1S/C19H26N4O.H2O/c20-16(24)14-11-21-15(10-18-4-1-12(2-5-18)3-6-18)22-17(14)23-19-7-13(8-19)9-19;/h11-13H,1-10H2,(H2,20,24)(H,21,22,23);1H2. The van der Waals surface area contributed by atoms with Crippen LogP contribution in [0.1, 0.15) is 74.0 Å². The smallest absolute Gasteiger partial charge is 0.254 e. The highest BCUT2D eigenvalue weighted by Crippen LogP contribution is 2.58. The molecular formula is C19H28N4O2. The molecule has 6 saturated carbocycles. The first-order chi connectivity index (χ1) is 11.5. The SMILES string of the molecule is NC(=O)c1cnc(CC23CCC(CC2)CC3)nc1NC12CC(C1)C2.O. The van der Waals surface area contributed by atoms with Crippen molar-refractivity contribution in [3.8, 4) is 0 Å². The Morgan fingerprint density at radius 3 is 2.32 bits per heavy atom. The second-order valence-corrected chi connectivity index (χ2v) is 8.96. The number of aromatic nitrogens is 2. The minimum Gasteiger partial charge on any atom is -0.412 e. The average Bonchev–Trinajstić information content (AvgIpc) is 2.51. The summed E-state index contributed by atoms with van der Waals surface area (Å²) < 4.78 is 0. The van der Waals surface area contributed by atoms with Gasteiger partial charge in [0.1, 0.15) is 11.6 Å². The number of rotatable bonds is 5. The number of hydrogen-bond acceptors (Lipinski definition) is 4. The fourth-order valence-corrected chi connectivity index (χ4v) is 5.60. The highest BCUT2D eigenvalue weighted by Gasteiger charge is 2.57. The maximum absolute atomic E-state index is 11.8. The second kappa shape index (κ2) is 5.66. The first kappa shape index (κ1) is 16.8. The molecule has 0 unspecified atom stereocenters. The van der Waals surface area contributed by atoms with Gasteiger partial charge in [-0.15, -0.1) is 0 Å². The van der Waals surface area contributed by atoms with Crippen LogP contribution < -0.4 is 11.1 Å². The molecule has 1 aromatic rings. The van der Waals surface area contributed by atoms with Crippen molar-refractivity contribution < 1.29 is 10.3 Å². The molecule has 0 aromatic carbocycles. The highest BCUT2D eigenvalue weighted by molar-refractivity contribution is 5.97. The Kier molecular flexibility index (Phi) is 3.79. The lowest BCUT2D eigenvalue weighted by molar-refractivity contribution is 0.00171. The molecule has 6 aliphatic carbocycles. The molecule has 1 amide bonds. The van der Waals surface area contributed by atoms with Crippen LogP contribution in [-0.2, 0) is 6.42 Å². The molecular weight excluding hydrogens is 316 g/mol. The zero-order chi connectivity index (χ0) is 16.4. The Labute approximate surface area is 148 Å². The summed E-state index contributed by atoms with van der Waals surface area (Å²) in [7, 11) is 0. The van der Waals surface area contributed by atoms with Crippen molar-refractivity contribution in [3.63, 3.8) is 0 Å². The van der Waals surface area contributed by atoms with Crippen molar-refractivity contribution >= 4 is 11.7 Å². The summed E-state index contributed by atoms with van der Waals surface area (Å²) >= 11 is 0. The van der Waals surface area contributed by atoms with Gasteiger partial charge in [0.05, 0.1) is 5.56 Å². The zero-order valence-electron chi connectivity index (χ0n) is 14.7. The normalized spacial score (nSPS) is 37.4. The summed E-state index contributed by atoms with van der Waals surface area (Å²) in [4.78, 5) is 21.0. The topological polar surface area (TPSA) is 112 Å². The second-order valence-electron chi connectivity index (χ2n) is 8.96. The van der Waals surface area contributed by atoms with Crippen molar-refractivity contribution in [2.45, 2.75) is 69.7 Å². The van der Waals surface area contributed by atoms with E-state index in [0.29, 0.717) is 16.8 Å². The first-order valence-electron chi connectivity index (χ1n) is 9.49. The number of anilines is 1. The third kappa shape index (κ3) is 2.71. The predicted octanol–water partition coefficient (Wildman–Crippen LogP) is 2.23. The van der Waals surface area contributed by atoms with Gasteiger partial charge in [-0.05, 0) is 75.0 Å². The average molecular weight is 344 g/mol. The van der Waals surface area contributed by atoms with Gasteiger partial charge in [-0.3, -0.25) is 4.79 Å². The largest absolute Gasteiger partial charge is 0.412 e. The number of primary amides is 1. The molecule has 1 aromatic heterocycles. The summed E-state index contributed by atoms with van der Waals surface area (Å²) in [6.07, 6.45) is 14.3. The van der Waals surface area contributed by atoms with Gasteiger partial charge in [0.15, 0.2) is 0 Å². The van der Waals surface area contributed by atoms with Gasteiger partial charge in [0.2, 0.25) is 0 Å². The van der Waals surface area contributed by atoms with Crippen molar-refractivity contribution in [3.05, 3.63) is 17.6 Å². The molecule has 6 fully saturated rings. The maximum Gasteiger partial charge on any atom is 0.254 e. The van der Waals surface area contributed by atoms with Crippen LogP contribution in [0.15, 0.2) is 6.20 Å². The molecule has 6 heteroatoms. The Morgan fingerprint density at radius 2 is 1.80 bits per heavy atom. The van der Waals surface area contributed by atoms with Crippen LogP contribution in [0.25, 0.3) is 0 Å². The number of amides is 1. The molecule has 136 valence electrons. The van der Waals surface area contributed by atoms with Crippen LogP contribution in [0.3, 0.4) is 0 Å². The molecule has 6 nitrogen and oxygen atoms in total. The Bertz CT molecular complexity index is 666. The number of nitrogens with one attached hydrogen (secondary N) is 1. The number of fused-ring (bicyclic) bond motifs is 3. The van der Waals surface area contributed by atoms with E-state index in [9.17, 15) is 4.79 Å². The van der Waals surface area contributed by atoms with Gasteiger partial charge in [0, 0.05) is 18.2 Å². The summed E-state index contributed by atoms with van der Waals surface area (Å²) in [6.45, 7) is 0. The Morgan fingerprint density at radius 1 is 1.16 bits per heavy atom. The Balaban J connectivity index is 0.00000157. The molecule has 25 heavy (non-hydrogen) atoms. The van der Waals surface area contributed by atoms with Gasteiger partial charge in [-0.2, -0.15) is 0 Å². The fraction of sp³-hybridized carbons (Fsp3) is 0.737. The lowest BCUT2D eigenvalue weighted by Crippen LogP contribution is -2.63. The van der Waals surface area contributed by atoms with E-state index in [1.54, 1.807) is 6.20 Å². The summed E-state index contributed by atoms with van der Waals surface area (Å²) in [5, 5.41) is 3.54. The van der Waals surface area contributed by atoms with E-state index in [1.165, 1.54) is 57.8 Å². The van der Waals surface area contributed by atoms with Crippen LogP contribution in [-0.4, -0.2) is 26.9 Å². The molecule has 4 bridgehead atoms. The van der Waals surface area contributed by atoms with Gasteiger partial charge in [0.25, 0.3) is 5.91 Å². The molecule has 6 aliphatic rings. The third-order valence-electron chi connectivity index (χ3n) is 7.31. The van der Waals surface area contributed by atoms with E-state index >= 15 is 0 Å². The molecule has 0 spiro atoms. The van der Waals surface area contributed by atoms with E-state index < -0.39 is 5.91 Å². The lowest BCUT2D eigenvalue weighted by Gasteiger charge is -2.62. The molecule has 0 atom stereocenters. The van der Waals surface area contributed by atoms with Crippen LogP contribution in [0.5, 0.6) is 0 Å². The van der Waals surface area contributed by atoms with E-state index in [1.807, 2.05) is 0 Å². The lowest BCUT2D eigenvalue weighted by atomic mass is 9.50. The van der Waals surface area contributed by atoms with Crippen LogP contribution in [0.2, 0.25) is 0 Å². The minimum absolute atomic E-state index is 0. The van der Waals surface area contributed by atoms with Crippen LogP contribution in [0, 0.1) is 17.3 Å². The number of nitrogens with two attached hydrogens (primary N) is 1. The zero-order valence-corrected chi connectivity index (χ0v) is 14.7. The summed E-state index contributed by atoms with van der Waals surface area (Å²) in [6, 6.07) is 0. The van der Waals surface area contributed by atoms with Crippen molar-refractivity contribution in [2.75, 3.05) is 5.32 Å². The number of nitrogens with zero attached hydrogens (tertiary/aromatic N) is 2. The van der Waals surface area contributed by atoms with Crippen LogP contribution in [0.4, 0.5) is 5.82 Å². The number of hydrogen-bond donors (Lipinski definition) is 2. The van der Waals surface area contributed by atoms with E-state index in [2.05, 4.69) is 10.3 Å². The molecule has 0 radical (unpaired) electrons. The molecule has 5 N–H and O–H groups in total. The van der Waals surface area contributed by atoms with E-state index in [-0.39, 0.29) is 11.0 Å². The molecule has 0 aliphatic heterocycles. The van der Waals surface area contributed by atoms with Gasteiger partial charge in [-0.1, -0.05) is 0 Å². The first-order valence-corrected chi connectivity index (χ1v) is 9.49. The Hall–Kier alpha value is -1.69.